The molecule has 0 aromatic heterocycles. The minimum atomic E-state index is 0.267. The minimum absolute atomic E-state index is 0.267. The van der Waals surface area contributed by atoms with E-state index in [0.717, 1.165) is 61.7 Å². The van der Waals surface area contributed by atoms with Crippen molar-refractivity contribution in [1.82, 2.24) is 25.9 Å². The van der Waals surface area contributed by atoms with Gasteiger partial charge in [0, 0.05) is 38.3 Å². The number of nitrogens with zero attached hydrogens (tertiary/aromatic N) is 4. The van der Waals surface area contributed by atoms with Gasteiger partial charge in [0.15, 0.2) is 5.84 Å². The smallest absolute Gasteiger partial charge is 0.176 e. The molecule has 27 heavy (non-hydrogen) atoms. The summed E-state index contributed by atoms with van der Waals surface area (Å²) in [4.78, 5) is 2.41. The third-order valence-corrected chi connectivity index (χ3v) is 6.19. The van der Waals surface area contributed by atoms with Gasteiger partial charge in [0.2, 0.25) is 0 Å². The number of likely N-dealkylation sites (tertiary alicyclic amines) is 1. The largest absolute Gasteiger partial charge is 0.395 e. The third-order valence-electron chi connectivity index (χ3n) is 6.19. The number of β-amino-alcohol motifs (C(OH)–C–C–N with tert-alkyl or cyclic N) is 1. The molecule has 144 valence electrons. The van der Waals surface area contributed by atoms with Crippen LogP contribution >= 0.6 is 0 Å². The quantitative estimate of drug-likeness (QED) is 0.627. The fourth-order valence-corrected chi connectivity index (χ4v) is 4.32. The molecule has 0 unspecified atom stereocenters. The van der Waals surface area contributed by atoms with Crippen molar-refractivity contribution in [2.24, 2.45) is 22.9 Å². The Morgan fingerprint density at radius 3 is 2.85 bits per heavy atom. The van der Waals surface area contributed by atoms with Gasteiger partial charge in [-0.05, 0) is 56.1 Å². The number of fused-ring (bicyclic) bond motifs is 1. The Balaban J connectivity index is 1.17. The molecular weight excluding hydrogens is 340 g/mol. The zero-order valence-electron chi connectivity index (χ0n) is 15.7. The van der Waals surface area contributed by atoms with Gasteiger partial charge in [-0.15, -0.1) is 5.10 Å². The van der Waals surface area contributed by atoms with Gasteiger partial charge in [0.05, 0.1) is 12.2 Å². The third kappa shape index (κ3) is 3.57. The van der Waals surface area contributed by atoms with Gasteiger partial charge < -0.3 is 10.0 Å². The van der Waals surface area contributed by atoms with Crippen molar-refractivity contribution in [3.05, 3.63) is 23.5 Å². The molecule has 4 aliphatic heterocycles. The van der Waals surface area contributed by atoms with Crippen LogP contribution in [0.1, 0.15) is 25.7 Å². The van der Waals surface area contributed by atoms with Gasteiger partial charge in [-0.1, -0.05) is 5.92 Å². The average Bonchev–Trinajstić information content (AvgIpc) is 3.39. The Morgan fingerprint density at radius 2 is 2.04 bits per heavy atom. The van der Waals surface area contributed by atoms with Gasteiger partial charge in [0.1, 0.15) is 5.70 Å². The number of hydrazine groups is 2. The summed E-state index contributed by atoms with van der Waals surface area (Å²) in [5, 5.41) is 18.2. The topological polar surface area (TPSA) is 66.4 Å². The summed E-state index contributed by atoms with van der Waals surface area (Å²) >= 11 is 0. The maximum atomic E-state index is 9.18. The molecule has 0 radical (unpaired) electrons. The van der Waals surface area contributed by atoms with Crippen LogP contribution in [0, 0.1) is 29.6 Å². The first-order valence-electron chi connectivity index (χ1n) is 10.2. The van der Waals surface area contributed by atoms with Crippen molar-refractivity contribution in [3.8, 4) is 11.8 Å². The molecule has 0 spiro atoms. The van der Waals surface area contributed by atoms with Crippen LogP contribution in [0.5, 0.6) is 0 Å². The maximum absolute atomic E-state index is 9.18. The molecule has 0 aromatic carbocycles. The fourth-order valence-electron chi connectivity index (χ4n) is 4.32. The van der Waals surface area contributed by atoms with Gasteiger partial charge in [-0.25, -0.2) is 0 Å². The SMILES string of the molecule is OCCN1CCC[C@H](C2CN(N3C=CC4=C(C#CC5CC5)NNC4=N3)C2)C1. The number of aliphatic hydroxyl groups excluding tert-OH is 1. The number of piperidine rings is 1. The van der Waals surface area contributed by atoms with E-state index in [9.17, 15) is 5.11 Å². The zero-order chi connectivity index (χ0) is 18.2. The van der Waals surface area contributed by atoms with Gasteiger partial charge in [-0.3, -0.25) is 10.9 Å². The Kier molecular flexibility index (Phi) is 4.56. The first kappa shape index (κ1) is 17.1. The van der Waals surface area contributed by atoms with Crippen LogP contribution in [0.15, 0.2) is 28.6 Å². The second kappa shape index (κ2) is 7.19. The Morgan fingerprint density at radius 1 is 1.15 bits per heavy atom. The van der Waals surface area contributed by atoms with E-state index in [1.54, 1.807) is 0 Å². The van der Waals surface area contributed by atoms with Crippen molar-refractivity contribution in [1.29, 1.82) is 0 Å². The van der Waals surface area contributed by atoms with Crippen LogP contribution in [-0.4, -0.2) is 65.3 Å². The van der Waals surface area contributed by atoms with Crippen molar-refractivity contribution in [3.63, 3.8) is 0 Å². The molecule has 7 nitrogen and oxygen atoms in total. The lowest BCUT2D eigenvalue weighted by Gasteiger charge is -2.48. The lowest BCUT2D eigenvalue weighted by Crippen LogP contribution is -2.57. The van der Waals surface area contributed by atoms with E-state index in [0.29, 0.717) is 5.92 Å². The van der Waals surface area contributed by atoms with Crippen molar-refractivity contribution < 1.29 is 5.11 Å². The molecule has 3 N–H and O–H groups in total. The first-order chi connectivity index (χ1) is 13.3. The van der Waals surface area contributed by atoms with Gasteiger partial charge in [-0.2, -0.15) is 10.1 Å². The predicted molar refractivity (Wildman–Crippen MR) is 104 cm³/mol. The van der Waals surface area contributed by atoms with Gasteiger partial charge in [0.25, 0.3) is 0 Å². The number of aliphatic hydroxyl groups is 1. The monoisotopic (exact) mass is 368 g/mol. The highest BCUT2D eigenvalue weighted by molar-refractivity contribution is 6.04. The van der Waals surface area contributed by atoms with E-state index >= 15 is 0 Å². The molecule has 7 heteroatoms. The van der Waals surface area contributed by atoms with Crippen LogP contribution in [0.4, 0.5) is 0 Å². The highest BCUT2D eigenvalue weighted by Gasteiger charge is 2.38. The minimum Gasteiger partial charge on any atom is -0.395 e. The summed E-state index contributed by atoms with van der Waals surface area (Å²) in [7, 11) is 0. The number of amidine groups is 1. The number of hydrogen-bond acceptors (Lipinski definition) is 7. The number of allylic oxidation sites excluding steroid dienone is 1. The lowest BCUT2D eigenvalue weighted by atomic mass is 9.81. The average molecular weight is 368 g/mol. The number of nitrogens with one attached hydrogen (secondary N) is 2. The molecule has 4 heterocycles. The molecule has 1 saturated carbocycles. The first-order valence-corrected chi connectivity index (χ1v) is 10.2. The molecule has 2 saturated heterocycles. The molecule has 0 bridgehead atoms. The van der Waals surface area contributed by atoms with E-state index in [2.05, 4.69) is 38.7 Å². The second-order valence-electron chi connectivity index (χ2n) is 8.23. The standard InChI is InChI=1S/C20H28N6O/c27-11-10-24-8-1-2-16(12-24)17-13-25(14-17)26-9-7-18-19(6-5-15-3-4-15)21-22-20(18)23-26/h7,9,15-17,27H,1-4,8,10-14H2,(H2,21,22,23)/t16-/m0/s1. The lowest BCUT2D eigenvalue weighted by molar-refractivity contribution is -0.0983. The van der Waals surface area contributed by atoms with Crippen molar-refractivity contribution in [2.45, 2.75) is 25.7 Å². The fraction of sp³-hybridized carbons (Fsp3) is 0.650. The summed E-state index contributed by atoms with van der Waals surface area (Å²) in [5.41, 5.74) is 8.30. The van der Waals surface area contributed by atoms with E-state index in [-0.39, 0.29) is 6.61 Å². The highest BCUT2D eigenvalue weighted by Crippen LogP contribution is 2.33. The number of hydrazone groups is 1. The predicted octanol–water partition coefficient (Wildman–Crippen LogP) is 0.456. The van der Waals surface area contributed by atoms with E-state index < -0.39 is 0 Å². The molecule has 5 aliphatic rings. The second-order valence-corrected chi connectivity index (χ2v) is 8.23. The summed E-state index contributed by atoms with van der Waals surface area (Å²) in [6.45, 7) is 5.46. The van der Waals surface area contributed by atoms with Crippen LogP contribution < -0.4 is 10.9 Å². The van der Waals surface area contributed by atoms with Crippen LogP contribution in [0.3, 0.4) is 0 Å². The Labute approximate surface area is 160 Å². The van der Waals surface area contributed by atoms with Crippen LogP contribution in [0.2, 0.25) is 0 Å². The van der Waals surface area contributed by atoms with E-state index in [1.165, 1.54) is 25.7 Å². The van der Waals surface area contributed by atoms with Crippen molar-refractivity contribution >= 4 is 5.84 Å². The molecule has 5 rings (SSSR count). The number of hydrogen-bond donors (Lipinski definition) is 3. The molecule has 3 fully saturated rings. The van der Waals surface area contributed by atoms with Gasteiger partial charge >= 0.3 is 0 Å². The summed E-state index contributed by atoms with van der Waals surface area (Å²) < 4.78 is 0. The maximum Gasteiger partial charge on any atom is 0.176 e. The summed E-state index contributed by atoms with van der Waals surface area (Å²) in [5.74, 6) is 9.47. The van der Waals surface area contributed by atoms with E-state index in [4.69, 9.17) is 5.10 Å². The zero-order valence-corrected chi connectivity index (χ0v) is 15.7. The molecule has 1 atom stereocenters. The summed E-state index contributed by atoms with van der Waals surface area (Å²) in [6.07, 6.45) is 9.18. The Bertz CT molecular complexity index is 735. The molecule has 0 amide bonds. The van der Waals surface area contributed by atoms with Crippen LogP contribution in [-0.2, 0) is 0 Å². The normalized spacial score (nSPS) is 28.7. The number of rotatable bonds is 4. The van der Waals surface area contributed by atoms with Crippen LogP contribution in [0.25, 0.3) is 0 Å². The molecule has 1 aliphatic carbocycles. The molecule has 0 aromatic rings. The Hall–Kier alpha value is -2.01. The van der Waals surface area contributed by atoms with E-state index in [1.807, 2.05) is 11.3 Å². The summed E-state index contributed by atoms with van der Waals surface area (Å²) in [6, 6.07) is 0. The van der Waals surface area contributed by atoms with Crippen molar-refractivity contribution in [2.75, 3.05) is 39.3 Å². The highest BCUT2D eigenvalue weighted by atomic mass is 16.3. The molecular formula is C20H28N6O.